The number of hydrogen-bond acceptors (Lipinski definition) is 4. The van der Waals surface area contributed by atoms with E-state index in [1.54, 1.807) is 0 Å². The largest absolute Gasteiger partial charge is 0.383 e. The first-order valence-electron chi connectivity index (χ1n) is 6.69. The smallest absolute Gasteiger partial charge is 0.180 e. The molecule has 1 heterocycles. The van der Waals surface area contributed by atoms with E-state index in [0.717, 1.165) is 16.8 Å². The van der Waals surface area contributed by atoms with Gasteiger partial charge in [0.2, 0.25) is 0 Å². The number of aliphatic imine (C=N–C) groups is 1. The highest BCUT2D eigenvalue weighted by Gasteiger charge is 2.13. The van der Waals surface area contributed by atoms with Crippen LogP contribution in [0.3, 0.4) is 0 Å². The van der Waals surface area contributed by atoms with Crippen LogP contribution in [-0.4, -0.2) is 25.2 Å². The summed E-state index contributed by atoms with van der Waals surface area (Å²) in [7, 11) is 3.98. The topological polar surface area (TPSA) is 34.1 Å². The third-order valence-corrected chi connectivity index (χ3v) is 3.00. The summed E-state index contributed by atoms with van der Waals surface area (Å²) in [6.45, 7) is 0. The summed E-state index contributed by atoms with van der Waals surface area (Å²) in [6, 6.07) is 15.1. The Morgan fingerprint density at radius 2 is 1.71 bits per heavy atom. The van der Waals surface area contributed by atoms with Crippen molar-refractivity contribution in [1.82, 2.24) is 4.90 Å². The van der Waals surface area contributed by atoms with Crippen molar-refractivity contribution >= 4 is 17.5 Å². The zero-order chi connectivity index (χ0) is 14.7. The Hall–Kier alpha value is -2.75. The molecule has 0 bridgehead atoms. The molecule has 2 aromatic carbocycles. The molecule has 0 aromatic heterocycles. The number of nitrogens with zero attached hydrogens (tertiary/aromatic N) is 2. The van der Waals surface area contributed by atoms with Gasteiger partial charge in [-0.05, 0) is 24.3 Å². The fourth-order valence-electron chi connectivity index (χ4n) is 2.08. The number of rotatable bonds is 4. The highest BCUT2D eigenvalue weighted by molar-refractivity contribution is 6.16. The lowest BCUT2D eigenvalue weighted by atomic mass is 10.1. The second-order valence-corrected chi connectivity index (χ2v) is 4.96. The van der Waals surface area contributed by atoms with Crippen LogP contribution < -0.4 is 9.78 Å². The van der Waals surface area contributed by atoms with Crippen molar-refractivity contribution < 1.29 is 9.78 Å². The molecular weight excluding hydrogens is 264 g/mol. The van der Waals surface area contributed by atoms with Gasteiger partial charge in [-0.1, -0.05) is 18.2 Å². The van der Waals surface area contributed by atoms with Gasteiger partial charge in [0.05, 0.1) is 5.69 Å². The zero-order valence-corrected chi connectivity index (χ0v) is 12.0. The molecule has 4 heteroatoms. The van der Waals surface area contributed by atoms with Crippen molar-refractivity contribution in [2.75, 3.05) is 14.1 Å². The molecular formula is C17H16N2O2. The lowest BCUT2D eigenvalue weighted by Gasteiger charge is -2.08. The van der Waals surface area contributed by atoms with E-state index in [9.17, 15) is 0 Å². The van der Waals surface area contributed by atoms with Gasteiger partial charge in [-0.3, -0.25) is 14.8 Å². The molecule has 0 saturated heterocycles. The van der Waals surface area contributed by atoms with Crippen molar-refractivity contribution in [2.45, 2.75) is 0 Å². The lowest BCUT2D eigenvalue weighted by molar-refractivity contribution is -0.0998. The van der Waals surface area contributed by atoms with Gasteiger partial charge in [0.25, 0.3) is 0 Å². The average Bonchev–Trinajstić information content (AvgIpc) is 2.88. The molecule has 2 aromatic rings. The van der Waals surface area contributed by atoms with Crippen molar-refractivity contribution in [3.8, 4) is 11.5 Å². The van der Waals surface area contributed by atoms with E-state index in [4.69, 9.17) is 9.78 Å². The summed E-state index contributed by atoms with van der Waals surface area (Å²) in [5.41, 5.74) is 3.07. The number of para-hydroxylation sites is 1. The Bertz CT molecular complexity index is 691. The van der Waals surface area contributed by atoms with Gasteiger partial charge in [-0.2, -0.15) is 0 Å². The lowest BCUT2D eigenvalue weighted by Crippen LogP contribution is -2.02. The van der Waals surface area contributed by atoms with Crippen molar-refractivity contribution in [2.24, 2.45) is 4.99 Å². The summed E-state index contributed by atoms with van der Waals surface area (Å²) in [5, 5.41) is 0. The van der Waals surface area contributed by atoms with E-state index in [1.807, 2.05) is 79.9 Å². The maximum absolute atomic E-state index is 5.33. The quantitative estimate of drug-likeness (QED) is 0.633. The normalized spacial score (nSPS) is 14.1. The molecule has 0 spiro atoms. The molecule has 0 aliphatic carbocycles. The second-order valence-electron chi connectivity index (χ2n) is 4.96. The first-order chi connectivity index (χ1) is 10.2. The molecule has 0 amide bonds. The van der Waals surface area contributed by atoms with E-state index in [0.29, 0.717) is 11.5 Å². The minimum absolute atomic E-state index is 0.626. The summed E-state index contributed by atoms with van der Waals surface area (Å²) < 4.78 is 0. The fourth-order valence-corrected chi connectivity index (χ4v) is 2.08. The van der Waals surface area contributed by atoms with Crippen LogP contribution in [0.4, 0.5) is 5.69 Å². The Morgan fingerprint density at radius 1 is 0.952 bits per heavy atom. The van der Waals surface area contributed by atoms with E-state index in [1.165, 1.54) is 0 Å². The molecule has 0 atom stereocenters. The number of benzene rings is 2. The van der Waals surface area contributed by atoms with Crippen LogP contribution >= 0.6 is 0 Å². The highest BCUT2D eigenvalue weighted by atomic mass is 17.2. The molecule has 0 saturated carbocycles. The number of hydrogen-bond donors (Lipinski definition) is 0. The monoisotopic (exact) mass is 280 g/mol. The Balaban J connectivity index is 1.74. The molecule has 0 radical (unpaired) electrons. The van der Waals surface area contributed by atoms with Crippen molar-refractivity contribution in [1.29, 1.82) is 0 Å². The summed E-state index contributed by atoms with van der Waals surface area (Å²) in [4.78, 5) is 17.0. The maximum atomic E-state index is 5.33. The van der Waals surface area contributed by atoms with Crippen LogP contribution in [0.15, 0.2) is 59.7 Å². The van der Waals surface area contributed by atoms with Gasteiger partial charge >= 0.3 is 0 Å². The van der Waals surface area contributed by atoms with Gasteiger partial charge in [0.1, 0.15) is 0 Å². The molecule has 3 rings (SSSR count). The third-order valence-electron chi connectivity index (χ3n) is 3.00. The summed E-state index contributed by atoms with van der Waals surface area (Å²) in [5.74, 6) is 1.29. The molecule has 0 fully saturated rings. The minimum Gasteiger partial charge on any atom is -0.383 e. The van der Waals surface area contributed by atoms with Crippen LogP contribution in [0.5, 0.6) is 11.5 Å². The van der Waals surface area contributed by atoms with Crippen LogP contribution in [0.25, 0.3) is 5.57 Å². The molecule has 0 N–H and O–H groups in total. The molecule has 1 aliphatic heterocycles. The van der Waals surface area contributed by atoms with Gasteiger partial charge in [0.15, 0.2) is 11.5 Å². The molecule has 0 unspecified atom stereocenters. The minimum atomic E-state index is 0.626. The van der Waals surface area contributed by atoms with Crippen molar-refractivity contribution in [3.63, 3.8) is 0 Å². The molecule has 4 nitrogen and oxygen atoms in total. The van der Waals surface area contributed by atoms with Gasteiger partial charge in [-0.15, -0.1) is 0 Å². The maximum Gasteiger partial charge on any atom is 0.180 e. The Labute approximate surface area is 123 Å². The first kappa shape index (κ1) is 13.2. The van der Waals surface area contributed by atoms with E-state index < -0.39 is 0 Å². The standard InChI is InChI=1S/C17H16N2O2/c1-19(2)12-13-11-18-17-10-15(8-9-16(13)17)21-20-14-6-4-3-5-7-14/h3-12H,1-2H3. The Kier molecular flexibility index (Phi) is 3.60. The van der Waals surface area contributed by atoms with Crippen LogP contribution in [0.2, 0.25) is 0 Å². The van der Waals surface area contributed by atoms with E-state index in [-0.39, 0.29) is 0 Å². The number of fused-ring (bicyclic) bond motifs is 1. The van der Waals surface area contributed by atoms with E-state index >= 15 is 0 Å². The molecule has 106 valence electrons. The van der Waals surface area contributed by atoms with Crippen LogP contribution in [0, 0.1) is 0 Å². The van der Waals surface area contributed by atoms with Crippen LogP contribution in [-0.2, 0) is 0 Å². The predicted molar refractivity (Wildman–Crippen MR) is 84.0 cm³/mol. The second kappa shape index (κ2) is 5.71. The van der Waals surface area contributed by atoms with Crippen molar-refractivity contribution in [3.05, 3.63) is 60.3 Å². The zero-order valence-electron chi connectivity index (χ0n) is 12.0. The fraction of sp³-hybridized carbons (Fsp3) is 0.118. The molecule has 21 heavy (non-hydrogen) atoms. The van der Waals surface area contributed by atoms with Crippen LogP contribution in [0.1, 0.15) is 5.56 Å². The van der Waals surface area contributed by atoms with Gasteiger partial charge in [-0.25, -0.2) is 0 Å². The highest BCUT2D eigenvalue weighted by Crippen LogP contribution is 2.34. The average molecular weight is 280 g/mol. The SMILES string of the molecule is CN(C)C=C1C=Nc2cc(OOc3ccccc3)ccc21. The Morgan fingerprint density at radius 3 is 2.48 bits per heavy atom. The summed E-state index contributed by atoms with van der Waals surface area (Å²) >= 11 is 0. The predicted octanol–water partition coefficient (Wildman–Crippen LogP) is 3.68. The van der Waals surface area contributed by atoms with Gasteiger partial charge < -0.3 is 4.90 Å². The number of allylic oxidation sites excluding steroid dienone is 1. The summed E-state index contributed by atoms with van der Waals surface area (Å²) in [6.07, 6.45) is 3.89. The van der Waals surface area contributed by atoms with E-state index in [2.05, 4.69) is 4.99 Å². The molecule has 1 aliphatic rings. The first-order valence-corrected chi connectivity index (χ1v) is 6.69. The third kappa shape index (κ3) is 3.05. The van der Waals surface area contributed by atoms with Gasteiger partial charge in [0, 0.05) is 43.7 Å².